The van der Waals surface area contributed by atoms with E-state index >= 15 is 0 Å². The Labute approximate surface area is 151 Å². The van der Waals surface area contributed by atoms with E-state index in [1.54, 1.807) is 42.5 Å². The summed E-state index contributed by atoms with van der Waals surface area (Å²) in [5, 5.41) is 6.24. The molecule has 0 bridgehead atoms. The lowest BCUT2D eigenvalue weighted by atomic mass is 10.2. The van der Waals surface area contributed by atoms with Crippen molar-refractivity contribution in [2.75, 3.05) is 18.5 Å². The van der Waals surface area contributed by atoms with E-state index in [0.29, 0.717) is 35.2 Å². The second kappa shape index (κ2) is 8.03. The monoisotopic (exact) mass is 358 g/mol. The minimum Gasteiger partial charge on any atom is -0.492 e. The highest BCUT2D eigenvalue weighted by atomic mass is 35.5. The molecule has 0 spiro atoms. The Morgan fingerprint density at radius 2 is 1.88 bits per heavy atom. The van der Waals surface area contributed by atoms with Gasteiger partial charge in [0.15, 0.2) is 0 Å². The van der Waals surface area contributed by atoms with Crippen LogP contribution < -0.4 is 15.4 Å². The Morgan fingerprint density at radius 1 is 1.12 bits per heavy atom. The summed E-state index contributed by atoms with van der Waals surface area (Å²) in [6, 6.07) is 14.0. The number of carbonyl (C=O) groups excluding carboxylic acids is 2. The molecule has 2 N–H and O–H groups in total. The van der Waals surface area contributed by atoms with Crippen LogP contribution in [-0.2, 0) is 4.79 Å². The maximum Gasteiger partial charge on any atom is 0.251 e. The average Bonchev–Trinajstić information content (AvgIpc) is 3.44. The predicted octanol–water partition coefficient (Wildman–Crippen LogP) is 3.50. The summed E-state index contributed by atoms with van der Waals surface area (Å²) in [6.07, 6.45) is 1.92. The quantitative estimate of drug-likeness (QED) is 0.744. The molecule has 0 atom stereocenters. The molecule has 130 valence electrons. The zero-order valence-corrected chi connectivity index (χ0v) is 14.4. The van der Waals surface area contributed by atoms with Crippen LogP contribution in [0.2, 0.25) is 5.02 Å². The highest BCUT2D eigenvalue weighted by molar-refractivity contribution is 6.30. The Kier molecular flexibility index (Phi) is 5.56. The van der Waals surface area contributed by atoms with Crippen LogP contribution in [0.1, 0.15) is 23.2 Å². The molecule has 0 heterocycles. The highest BCUT2D eigenvalue weighted by Crippen LogP contribution is 2.30. The fraction of sp³-hybridized carbons (Fsp3) is 0.263. The molecule has 0 aliphatic heterocycles. The lowest BCUT2D eigenvalue weighted by Crippen LogP contribution is -2.28. The van der Waals surface area contributed by atoms with E-state index in [1.165, 1.54) is 0 Å². The fourth-order valence-corrected chi connectivity index (χ4v) is 2.47. The van der Waals surface area contributed by atoms with Gasteiger partial charge in [-0.15, -0.1) is 0 Å². The Hall–Kier alpha value is -2.53. The molecule has 1 saturated carbocycles. The summed E-state index contributed by atoms with van der Waals surface area (Å²) in [6.45, 7) is 0.729. The number of rotatable bonds is 7. The number of nitrogens with one attached hydrogen (secondary N) is 2. The maximum atomic E-state index is 12.1. The predicted molar refractivity (Wildman–Crippen MR) is 97.1 cm³/mol. The van der Waals surface area contributed by atoms with Crippen molar-refractivity contribution in [3.63, 3.8) is 0 Å². The van der Waals surface area contributed by atoms with Gasteiger partial charge in [-0.05, 0) is 55.3 Å². The fourth-order valence-electron chi connectivity index (χ4n) is 2.29. The number of hydrogen-bond acceptors (Lipinski definition) is 3. The van der Waals surface area contributed by atoms with Gasteiger partial charge in [-0.3, -0.25) is 9.59 Å². The zero-order valence-electron chi connectivity index (χ0n) is 13.6. The third kappa shape index (κ3) is 5.22. The van der Waals surface area contributed by atoms with Gasteiger partial charge in [0.05, 0.1) is 6.54 Å². The number of halogens is 1. The lowest BCUT2D eigenvalue weighted by Gasteiger charge is -2.09. The normalized spacial score (nSPS) is 13.2. The van der Waals surface area contributed by atoms with Crippen LogP contribution in [0.5, 0.6) is 5.75 Å². The van der Waals surface area contributed by atoms with Crippen molar-refractivity contribution in [2.45, 2.75) is 12.8 Å². The van der Waals surface area contributed by atoms with Gasteiger partial charge < -0.3 is 15.4 Å². The Morgan fingerprint density at radius 3 is 2.56 bits per heavy atom. The van der Waals surface area contributed by atoms with E-state index in [4.69, 9.17) is 16.3 Å². The molecule has 5 nitrogen and oxygen atoms in total. The van der Waals surface area contributed by atoms with Gasteiger partial charge in [-0.1, -0.05) is 17.7 Å². The Bertz CT molecular complexity index is 758. The molecule has 1 aliphatic carbocycles. The molecule has 0 aromatic heterocycles. The summed E-state index contributed by atoms with van der Waals surface area (Å²) < 4.78 is 5.52. The molecule has 0 unspecified atom stereocenters. The van der Waals surface area contributed by atoms with E-state index in [9.17, 15) is 9.59 Å². The van der Waals surface area contributed by atoms with Crippen LogP contribution in [0.4, 0.5) is 5.69 Å². The molecule has 1 fully saturated rings. The first-order valence-electron chi connectivity index (χ1n) is 8.19. The number of hydrogen-bond donors (Lipinski definition) is 2. The second-order valence-electron chi connectivity index (χ2n) is 5.90. The molecule has 2 aromatic rings. The largest absolute Gasteiger partial charge is 0.492 e. The summed E-state index contributed by atoms with van der Waals surface area (Å²) in [5.74, 6) is 0.685. The van der Waals surface area contributed by atoms with E-state index in [0.717, 1.165) is 12.8 Å². The van der Waals surface area contributed by atoms with Crippen molar-refractivity contribution in [1.82, 2.24) is 5.32 Å². The van der Waals surface area contributed by atoms with Crippen molar-refractivity contribution in [3.8, 4) is 5.75 Å². The minimum absolute atomic E-state index is 0.0513. The van der Waals surface area contributed by atoms with Crippen LogP contribution >= 0.6 is 11.6 Å². The number of benzene rings is 2. The number of anilines is 1. The molecule has 2 amide bonds. The number of carbonyl (C=O) groups is 2. The maximum absolute atomic E-state index is 12.1. The first-order chi connectivity index (χ1) is 12.1. The van der Waals surface area contributed by atoms with Crippen LogP contribution in [0, 0.1) is 5.92 Å². The topological polar surface area (TPSA) is 67.4 Å². The van der Waals surface area contributed by atoms with Gasteiger partial charge in [0.2, 0.25) is 5.91 Å². The smallest absolute Gasteiger partial charge is 0.251 e. The lowest BCUT2D eigenvalue weighted by molar-refractivity contribution is -0.117. The summed E-state index contributed by atoms with van der Waals surface area (Å²) in [4.78, 5) is 23.8. The standard InChI is InChI=1S/C19H19ClN2O3/c20-15-2-1-3-17(12-15)25-11-10-21-18(23)13-6-8-16(9-7-13)22-19(24)14-4-5-14/h1-3,6-9,12,14H,4-5,10-11H2,(H,21,23)(H,22,24). The first-order valence-corrected chi connectivity index (χ1v) is 8.57. The first kappa shape index (κ1) is 17.3. The summed E-state index contributed by atoms with van der Waals surface area (Å²) in [5.41, 5.74) is 1.24. The molecule has 3 rings (SSSR count). The zero-order chi connectivity index (χ0) is 17.6. The van der Waals surface area contributed by atoms with Gasteiger partial charge in [0, 0.05) is 22.2 Å². The van der Waals surface area contributed by atoms with Crippen LogP contribution in [0.3, 0.4) is 0 Å². The van der Waals surface area contributed by atoms with Crippen LogP contribution in [0.25, 0.3) is 0 Å². The van der Waals surface area contributed by atoms with E-state index in [2.05, 4.69) is 10.6 Å². The molecule has 1 aliphatic rings. The van der Waals surface area contributed by atoms with Crippen molar-refractivity contribution >= 4 is 29.1 Å². The number of ether oxygens (including phenoxy) is 1. The third-order valence-corrected chi connectivity index (χ3v) is 4.05. The molecule has 0 saturated heterocycles. The van der Waals surface area contributed by atoms with Gasteiger partial charge in [0.1, 0.15) is 12.4 Å². The molecular weight excluding hydrogens is 340 g/mol. The average molecular weight is 359 g/mol. The number of amides is 2. The van der Waals surface area contributed by atoms with E-state index in [1.807, 2.05) is 6.07 Å². The second-order valence-corrected chi connectivity index (χ2v) is 6.34. The highest BCUT2D eigenvalue weighted by Gasteiger charge is 2.29. The van der Waals surface area contributed by atoms with Crippen molar-refractivity contribution in [2.24, 2.45) is 5.92 Å². The van der Waals surface area contributed by atoms with Crippen molar-refractivity contribution in [1.29, 1.82) is 0 Å². The van der Waals surface area contributed by atoms with Crippen LogP contribution in [0.15, 0.2) is 48.5 Å². The third-order valence-electron chi connectivity index (χ3n) is 3.82. The summed E-state index contributed by atoms with van der Waals surface area (Å²) in [7, 11) is 0. The minimum atomic E-state index is -0.185. The van der Waals surface area contributed by atoms with Gasteiger partial charge >= 0.3 is 0 Å². The SMILES string of the molecule is O=C(NCCOc1cccc(Cl)c1)c1ccc(NC(=O)C2CC2)cc1. The summed E-state index contributed by atoms with van der Waals surface area (Å²) >= 11 is 5.88. The van der Waals surface area contributed by atoms with Crippen molar-refractivity contribution < 1.29 is 14.3 Å². The van der Waals surface area contributed by atoms with Crippen LogP contribution in [-0.4, -0.2) is 25.0 Å². The molecule has 0 radical (unpaired) electrons. The molecule has 25 heavy (non-hydrogen) atoms. The van der Waals surface area contributed by atoms with Gasteiger partial charge in [-0.25, -0.2) is 0 Å². The Balaban J connectivity index is 1.42. The van der Waals surface area contributed by atoms with Crippen molar-refractivity contribution in [3.05, 3.63) is 59.1 Å². The molecule has 6 heteroatoms. The molecular formula is C19H19ClN2O3. The van der Waals surface area contributed by atoms with E-state index < -0.39 is 0 Å². The van der Waals surface area contributed by atoms with Gasteiger partial charge in [0.25, 0.3) is 5.91 Å². The van der Waals surface area contributed by atoms with Gasteiger partial charge in [-0.2, -0.15) is 0 Å². The van der Waals surface area contributed by atoms with E-state index in [-0.39, 0.29) is 17.7 Å². The molecule has 2 aromatic carbocycles.